The summed E-state index contributed by atoms with van der Waals surface area (Å²) in [5.74, 6) is -6.62. The van der Waals surface area contributed by atoms with E-state index in [1.165, 1.54) is 34.1 Å². The van der Waals surface area contributed by atoms with E-state index in [0.29, 0.717) is 18.1 Å². The molecule has 30 heteroatoms. The zero-order chi connectivity index (χ0) is 54.5. The molecule has 6 amide bonds. The predicted octanol–water partition coefficient (Wildman–Crippen LogP) is 1.12. The van der Waals surface area contributed by atoms with Gasteiger partial charge in [-0.15, -0.1) is 17.9 Å². The highest BCUT2D eigenvalue weighted by Crippen LogP contribution is 2.12. The Labute approximate surface area is 401 Å². The Balaban J connectivity index is -0.000000164. The van der Waals surface area contributed by atoms with Crippen LogP contribution in [-0.2, 0) is 95.5 Å². The number of esters is 3. The van der Waals surface area contributed by atoms with Gasteiger partial charge in [0.25, 0.3) is 23.6 Å². The molecule has 3 fully saturated rings. The van der Waals surface area contributed by atoms with E-state index in [-0.39, 0.29) is 106 Å². The molecule has 0 aliphatic carbocycles. The van der Waals surface area contributed by atoms with Crippen LogP contribution in [0.15, 0.2) is 0 Å². The number of amides is 6. The summed E-state index contributed by atoms with van der Waals surface area (Å²) >= 11 is 4.93. The van der Waals surface area contributed by atoms with Crippen LogP contribution in [0.5, 0.6) is 0 Å². The number of rotatable bonds is 13. The lowest BCUT2D eigenvalue weighted by atomic mass is 10.2. The topological polar surface area (TPSA) is 392 Å². The van der Waals surface area contributed by atoms with E-state index in [1.54, 1.807) is 13.8 Å². The number of carbonyl (C=O) groups is 15. The molecule has 0 aromatic rings. The summed E-state index contributed by atoms with van der Waals surface area (Å²) in [6, 6.07) is 0. The second kappa shape index (κ2) is 46.3. The molecule has 0 unspecified atom stereocenters. The minimum atomic E-state index is -1.67. The van der Waals surface area contributed by atoms with E-state index in [9.17, 15) is 71.9 Å². The number of halogens is 3. The number of cyclic esters (lactones) is 2. The van der Waals surface area contributed by atoms with E-state index >= 15 is 0 Å². The Kier molecular flexibility index (Phi) is 48.3. The van der Waals surface area contributed by atoms with Crippen LogP contribution in [-0.4, -0.2) is 138 Å². The number of carboxylic acids is 2. The minimum absolute atomic E-state index is 0.000926. The van der Waals surface area contributed by atoms with Crippen LogP contribution in [0.4, 0.5) is 0 Å². The fourth-order valence-corrected chi connectivity index (χ4v) is 3.10. The van der Waals surface area contributed by atoms with Crippen LogP contribution in [0.1, 0.15) is 114 Å². The normalized spacial score (nSPS) is 12.5. The van der Waals surface area contributed by atoms with Crippen molar-refractivity contribution in [2.45, 2.75) is 112 Å². The maximum atomic E-state index is 11.0. The molecule has 26 nitrogen and oxygen atoms in total. The van der Waals surface area contributed by atoms with Crippen LogP contribution in [0.3, 0.4) is 0 Å². The lowest BCUT2D eigenvalue weighted by molar-refractivity contribution is -0.196. The van der Waals surface area contributed by atoms with Crippen LogP contribution < -0.4 is 10.6 Å². The molecule has 67 heavy (non-hydrogen) atoms. The number of ketones is 2. The lowest BCUT2D eigenvalue weighted by Crippen LogP contribution is -2.37. The molecule has 3 heterocycles. The first-order valence-electron chi connectivity index (χ1n) is 19.1. The molecule has 3 aliphatic heterocycles. The molecule has 3 aliphatic rings. The van der Waals surface area contributed by atoms with Gasteiger partial charge in [-0.05, 0) is 32.4 Å². The Morgan fingerprint density at radius 3 is 1.25 bits per heavy atom. The molecule has 0 spiro atoms. The van der Waals surface area contributed by atoms with Gasteiger partial charge in [0, 0.05) is 86.6 Å². The monoisotopic (exact) mass is 1040 g/mol. The molecule has 0 bridgehead atoms. The first-order chi connectivity index (χ1) is 31.3. The molecule has 380 valence electrons. The first-order valence-corrected chi connectivity index (χ1v) is 21.7. The summed E-state index contributed by atoms with van der Waals surface area (Å²) in [6.45, 7) is 8.71. The number of hydrogen-bond donors (Lipinski definition) is 5. The molecule has 0 aromatic heterocycles. The van der Waals surface area contributed by atoms with Crippen molar-refractivity contribution in [3.05, 3.63) is 0 Å². The van der Waals surface area contributed by atoms with Gasteiger partial charge in [0.15, 0.2) is 0 Å². The Morgan fingerprint density at radius 2 is 1.06 bits per heavy atom. The van der Waals surface area contributed by atoms with Crippen molar-refractivity contribution >= 4 is 130 Å². The standard InChI is InChI=1S/C8H10N2O5.C5H7ClO2.C5H8O3.C5H10O2.C4H5NO3.C4H7NO3.C4H4O3.C2H2.Cl2OS/c1-5(11)9-4-8(14)15-10-6(12)2-3-7(10)13;1-4(7)2-3-5(6)8;1-4(6)2-3-5(7)8;1-3-5(6)7-4-2;6-3-1-2-4(7)5(3)8;1-3(6)5-2-4(7)8;5-3-1-2-4(6)7-3;1-2;1-4(2)3/h2-4H2,1H3,(H,9,11);2-3H2,1H3;2-3H2,1H3,(H,7,8);3-4H2,1-2H3;8H,1-2H2;2H2,1H3,(H,5,6)(H,7,8);1-2H2;1-2H;/i;;;;;;;1D;. The molecule has 5 N–H and O–H groups in total. The van der Waals surface area contributed by atoms with Gasteiger partial charge in [-0.3, -0.25) is 62.7 Å². The van der Waals surface area contributed by atoms with Crippen molar-refractivity contribution in [1.29, 1.82) is 0 Å². The molecule has 0 radical (unpaired) electrons. The lowest BCUT2D eigenvalue weighted by Gasteiger charge is -2.12. The number of terminal acetylenes is 1. The van der Waals surface area contributed by atoms with Crippen LogP contribution in [0.25, 0.3) is 0 Å². The molecular formula is C37H53Cl3N4O22S. The quantitative estimate of drug-likeness (QED) is 0.0431. The van der Waals surface area contributed by atoms with Gasteiger partial charge in [0.1, 0.15) is 26.0 Å². The smallest absolute Gasteiger partial charge is 0.352 e. The van der Waals surface area contributed by atoms with Crippen LogP contribution in [0.2, 0.25) is 0 Å². The molecule has 0 saturated carbocycles. The third kappa shape index (κ3) is 59.8. The Morgan fingerprint density at radius 1 is 0.687 bits per heavy atom. The molecule has 0 atom stereocenters. The van der Waals surface area contributed by atoms with Crippen LogP contribution in [0, 0.1) is 12.8 Å². The van der Waals surface area contributed by atoms with Gasteiger partial charge in [0.05, 0.1) is 25.9 Å². The number of imide groups is 2. The van der Waals surface area contributed by atoms with Crippen molar-refractivity contribution in [1.82, 2.24) is 20.8 Å². The predicted molar refractivity (Wildman–Crippen MR) is 230 cm³/mol. The fourth-order valence-electron chi connectivity index (χ4n) is 3.01. The highest BCUT2D eigenvalue weighted by molar-refractivity contribution is 8.26. The van der Waals surface area contributed by atoms with Gasteiger partial charge in [-0.2, -0.15) is 5.06 Å². The fraction of sp³-hybridized carbons (Fsp3) is 0.541. The van der Waals surface area contributed by atoms with Gasteiger partial charge in [0.2, 0.25) is 26.3 Å². The average Bonchev–Trinajstić information content (AvgIpc) is 3.87. The van der Waals surface area contributed by atoms with Crippen molar-refractivity contribution < 1.29 is 107 Å². The molecule has 3 rings (SSSR count). The number of aliphatic carboxylic acids is 2. The van der Waals surface area contributed by atoms with Gasteiger partial charge in [-0.1, -0.05) is 6.92 Å². The number of nitrogens with one attached hydrogen (secondary N) is 2. The summed E-state index contributed by atoms with van der Waals surface area (Å²) in [5.41, 5.74) is 0. The summed E-state index contributed by atoms with van der Waals surface area (Å²) in [7, 11) is 7.36. The van der Waals surface area contributed by atoms with E-state index in [0.717, 1.165) is 0 Å². The Hall–Kier alpha value is -6.21. The number of ether oxygens (including phenoxy) is 2. The summed E-state index contributed by atoms with van der Waals surface area (Å²) in [6.07, 6.45) is 7.69. The number of hydroxylamine groups is 4. The van der Waals surface area contributed by atoms with Crippen molar-refractivity contribution in [3.63, 3.8) is 0 Å². The van der Waals surface area contributed by atoms with Crippen molar-refractivity contribution in [3.8, 4) is 12.8 Å². The number of carbonyl (C=O) groups excluding carboxylic acids is 13. The highest BCUT2D eigenvalue weighted by Gasteiger charge is 2.32. The molecular weight excluding hydrogens is 991 g/mol. The third-order valence-corrected chi connectivity index (χ3v) is 6.10. The largest absolute Gasteiger partial charge is 0.481 e. The van der Waals surface area contributed by atoms with Gasteiger partial charge in [-0.25, -0.2) is 9.00 Å². The summed E-state index contributed by atoms with van der Waals surface area (Å²) in [4.78, 5) is 158. The third-order valence-electron chi connectivity index (χ3n) is 5.91. The van der Waals surface area contributed by atoms with Crippen LogP contribution >= 0.6 is 33.0 Å². The number of Topliss-reactive ketones (excluding diaryl/α,β-unsaturated/α-hetero) is 2. The maximum Gasteiger partial charge on any atom is 0.352 e. The number of nitrogens with zero attached hydrogens (tertiary/aromatic N) is 2. The SMILES string of the molecule is CC(=O)CCC(=O)Cl.CC(=O)CCC(=O)O.CC(=O)NCC(=O)O.CC(=O)NCC(=O)ON1C(=O)CCC1=O.CCOC(=O)CC.O=C1CCC(=O)N1O.O=C1CCC(=O)O1.O=S(Cl)Cl.[2H]C#C. The van der Waals surface area contributed by atoms with Gasteiger partial charge < -0.3 is 44.7 Å². The van der Waals surface area contributed by atoms with Gasteiger partial charge >= 0.3 is 35.8 Å². The van der Waals surface area contributed by atoms with E-state index < -0.39 is 73.9 Å². The van der Waals surface area contributed by atoms with E-state index in [2.05, 4.69) is 52.7 Å². The summed E-state index contributed by atoms with van der Waals surface area (Å²) < 4.78 is 23.5. The first kappa shape index (κ1) is 69.8. The van der Waals surface area contributed by atoms with Crippen molar-refractivity contribution in [2.24, 2.45) is 0 Å². The average molecular weight is 1050 g/mol. The minimum Gasteiger partial charge on any atom is -0.481 e. The number of hydrogen-bond acceptors (Lipinski definition) is 20. The second-order valence-electron chi connectivity index (χ2n) is 11.7. The molecule has 0 aromatic carbocycles. The number of carboxylic acid groups (broad SMARTS) is 2. The molecule has 3 saturated heterocycles. The second-order valence-corrected chi connectivity index (χ2v) is 14.6. The van der Waals surface area contributed by atoms with Crippen molar-refractivity contribution in [2.75, 3.05) is 19.7 Å². The highest BCUT2D eigenvalue weighted by atomic mass is 36.0. The zero-order valence-electron chi connectivity index (χ0n) is 38.0. The Bertz CT molecular complexity index is 1650. The zero-order valence-corrected chi connectivity index (χ0v) is 40.1. The van der Waals surface area contributed by atoms with E-state index in [1.807, 2.05) is 0 Å². The summed E-state index contributed by atoms with van der Waals surface area (Å²) in [5, 5.41) is 28.8. The maximum absolute atomic E-state index is 11.0. The van der Waals surface area contributed by atoms with E-state index in [4.69, 9.17) is 32.6 Å².